The van der Waals surface area contributed by atoms with Crippen LogP contribution in [0.1, 0.15) is 11.1 Å². The van der Waals surface area contributed by atoms with Crippen LogP contribution < -0.4 is 14.2 Å². The zero-order valence-electron chi connectivity index (χ0n) is 13.5. The average Bonchev–Trinajstić information content (AvgIpc) is 2.59. The van der Waals surface area contributed by atoms with Crippen molar-refractivity contribution in [3.8, 4) is 17.2 Å². The zero-order valence-corrected chi connectivity index (χ0v) is 15.0. The first-order valence-electron chi connectivity index (χ1n) is 6.99. The largest absolute Gasteiger partial charge is 0.493 e. The first-order valence-corrected chi connectivity index (χ1v) is 7.74. The topological polar surface area (TPSA) is 49.3 Å². The van der Waals surface area contributed by atoms with Gasteiger partial charge in [0.15, 0.2) is 11.5 Å². The van der Waals surface area contributed by atoms with E-state index >= 15 is 0 Å². The maximum atomic E-state index is 6.07. The molecule has 0 radical (unpaired) electrons. The molecule has 0 atom stereocenters. The van der Waals surface area contributed by atoms with E-state index in [4.69, 9.17) is 42.3 Å². The van der Waals surface area contributed by atoms with Gasteiger partial charge in [-0.1, -0.05) is 34.4 Å². The second-order valence-corrected chi connectivity index (χ2v) is 5.48. The maximum Gasteiger partial charge on any atom is 0.203 e. The number of hydrogen-bond donors (Lipinski definition) is 0. The van der Waals surface area contributed by atoms with Gasteiger partial charge < -0.3 is 19.0 Å². The van der Waals surface area contributed by atoms with E-state index in [1.165, 1.54) is 6.21 Å². The van der Waals surface area contributed by atoms with Crippen LogP contribution in [0.5, 0.6) is 17.2 Å². The van der Waals surface area contributed by atoms with Gasteiger partial charge in [-0.25, -0.2) is 0 Å². The Labute approximate surface area is 150 Å². The van der Waals surface area contributed by atoms with E-state index in [1.807, 2.05) is 0 Å². The van der Waals surface area contributed by atoms with Crippen LogP contribution >= 0.6 is 23.2 Å². The molecule has 0 N–H and O–H groups in total. The Morgan fingerprint density at radius 1 is 0.958 bits per heavy atom. The molecule has 0 amide bonds. The molecule has 0 heterocycles. The molecule has 128 valence electrons. The molecule has 0 aliphatic carbocycles. The van der Waals surface area contributed by atoms with Gasteiger partial charge in [0.05, 0.1) is 27.5 Å². The van der Waals surface area contributed by atoms with E-state index in [1.54, 1.807) is 51.7 Å². The predicted octanol–water partition coefficient (Wildman–Crippen LogP) is 4.57. The number of rotatable bonds is 7. The molecule has 0 unspecified atom stereocenters. The molecule has 24 heavy (non-hydrogen) atoms. The molecular weight excluding hydrogens is 353 g/mol. The SMILES string of the molecule is COc1cc(/C=N\OCc2c(Cl)cccc2Cl)cc(OC)c1OC. The van der Waals surface area contributed by atoms with Crippen molar-refractivity contribution in [2.24, 2.45) is 5.16 Å². The monoisotopic (exact) mass is 369 g/mol. The van der Waals surface area contributed by atoms with Crippen LogP contribution in [0.25, 0.3) is 0 Å². The van der Waals surface area contributed by atoms with Crippen LogP contribution in [-0.2, 0) is 11.4 Å². The minimum Gasteiger partial charge on any atom is -0.493 e. The fraction of sp³-hybridized carbons (Fsp3) is 0.235. The molecule has 5 nitrogen and oxygen atoms in total. The van der Waals surface area contributed by atoms with Gasteiger partial charge in [0.25, 0.3) is 0 Å². The lowest BCUT2D eigenvalue weighted by molar-refractivity contribution is 0.132. The van der Waals surface area contributed by atoms with Gasteiger partial charge in [0.2, 0.25) is 5.75 Å². The van der Waals surface area contributed by atoms with Crippen LogP contribution in [-0.4, -0.2) is 27.5 Å². The van der Waals surface area contributed by atoms with Crippen molar-refractivity contribution in [2.75, 3.05) is 21.3 Å². The van der Waals surface area contributed by atoms with E-state index < -0.39 is 0 Å². The van der Waals surface area contributed by atoms with Crippen LogP contribution in [0.15, 0.2) is 35.5 Å². The number of halogens is 2. The molecule has 0 aliphatic heterocycles. The smallest absolute Gasteiger partial charge is 0.203 e. The Kier molecular flexibility index (Phi) is 6.58. The number of ether oxygens (including phenoxy) is 3. The summed E-state index contributed by atoms with van der Waals surface area (Å²) < 4.78 is 15.8. The summed E-state index contributed by atoms with van der Waals surface area (Å²) in [6, 6.07) is 8.78. The fourth-order valence-corrected chi connectivity index (χ4v) is 2.55. The summed E-state index contributed by atoms with van der Waals surface area (Å²) >= 11 is 12.1. The van der Waals surface area contributed by atoms with Crippen LogP contribution in [0.3, 0.4) is 0 Å². The second kappa shape index (κ2) is 8.66. The number of benzene rings is 2. The summed E-state index contributed by atoms with van der Waals surface area (Å²) in [7, 11) is 4.65. The minimum atomic E-state index is 0.166. The quantitative estimate of drug-likeness (QED) is 0.529. The molecule has 2 rings (SSSR count). The van der Waals surface area contributed by atoms with Gasteiger partial charge in [0, 0.05) is 21.2 Å². The predicted molar refractivity (Wildman–Crippen MR) is 94.9 cm³/mol. The molecule has 2 aromatic rings. The summed E-state index contributed by atoms with van der Waals surface area (Å²) in [4.78, 5) is 5.28. The molecule has 0 aromatic heterocycles. The fourth-order valence-electron chi connectivity index (χ4n) is 2.05. The second-order valence-electron chi connectivity index (χ2n) is 4.67. The van der Waals surface area contributed by atoms with Gasteiger partial charge in [0.1, 0.15) is 6.61 Å². The third-order valence-corrected chi connectivity index (χ3v) is 3.94. The van der Waals surface area contributed by atoms with E-state index in [0.717, 1.165) is 5.56 Å². The van der Waals surface area contributed by atoms with Gasteiger partial charge in [-0.15, -0.1) is 0 Å². The van der Waals surface area contributed by atoms with E-state index in [2.05, 4.69) is 5.16 Å². The van der Waals surface area contributed by atoms with Crippen molar-refractivity contribution in [3.63, 3.8) is 0 Å². The molecule has 0 saturated heterocycles. The Hall–Kier alpha value is -2.11. The standard InChI is InChI=1S/C17H17Cl2NO4/c1-21-15-7-11(8-16(22-2)17(15)23-3)9-20-24-10-12-13(18)5-4-6-14(12)19/h4-9H,10H2,1-3H3/b20-9-. The molecule has 0 bridgehead atoms. The number of methoxy groups -OCH3 is 3. The lowest BCUT2D eigenvalue weighted by Crippen LogP contribution is -1.97. The average molecular weight is 370 g/mol. The third-order valence-electron chi connectivity index (χ3n) is 3.23. The molecular formula is C17H17Cl2NO4. The van der Waals surface area contributed by atoms with Crippen LogP contribution in [0, 0.1) is 0 Å². The summed E-state index contributed by atoms with van der Waals surface area (Å²) in [6.45, 7) is 0.166. The number of hydrogen-bond acceptors (Lipinski definition) is 5. The number of nitrogens with zero attached hydrogens (tertiary/aromatic N) is 1. The highest BCUT2D eigenvalue weighted by atomic mass is 35.5. The van der Waals surface area contributed by atoms with Crippen molar-refractivity contribution in [1.82, 2.24) is 0 Å². The van der Waals surface area contributed by atoms with Crippen LogP contribution in [0.2, 0.25) is 10.0 Å². The summed E-state index contributed by atoms with van der Waals surface area (Å²) in [5.41, 5.74) is 1.41. The van der Waals surface area contributed by atoms with E-state index in [-0.39, 0.29) is 6.61 Å². The summed E-state index contributed by atoms with van der Waals surface area (Å²) in [6.07, 6.45) is 1.54. The molecule has 7 heteroatoms. The zero-order chi connectivity index (χ0) is 17.5. The highest BCUT2D eigenvalue weighted by Crippen LogP contribution is 2.37. The molecule has 0 fully saturated rings. The van der Waals surface area contributed by atoms with Gasteiger partial charge in [-0.05, 0) is 24.3 Å². The Balaban J connectivity index is 2.12. The normalized spacial score (nSPS) is 10.7. The van der Waals surface area contributed by atoms with Crippen molar-refractivity contribution in [2.45, 2.75) is 6.61 Å². The lowest BCUT2D eigenvalue weighted by atomic mass is 10.2. The van der Waals surface area contributed by atoms with Crippen LogP contribution in [0.4, 0.5) is 0 Å². The molecule has 0 spiro atoms. The maximum absolute atomic E-state index is 6.07. The molecule has 2 aromatic carbocycles. The molecule has 0 saturated carbocycles. The lowest BCUT2D eigenvalue weighted by Gasteiger charge is -2.12. The number of oxime groups is 1. The van der Waals surface area contributed by atoms with Gasteiger partial charge in [-0.3, -0.25) is 0 Å². The Morgan fingerprint density at radius 3 is 2.04 bits per heavy atom. The first kappa shape index (κ1) is 18.2. The third kappa shape index (κ3) is 4.24. The molecule has 0 aliphatic rings. The van der Waals surface area contributed by atoms with Crippen molar-refractivity contribution in [3.05, 3.63) is 51.5 Å². The van der Waals surface area contributed by atoms with E-state index in [0.29, 0.717) is 32.9 Å². The minimum absolute atomic E-state index is 0.166. The summed E-state index contributed by atoms with van der Waals surface area (Å²) in [5.74, 6) is 1.58. The highest BCUT2D eigenvalue weighted by Gasteiger charge is 2.12. The van der Waals surface area contributed by atoms with Gasteiger partial charge >= 0.3 is 0 Å². The Bertz CT molecular complexity index is 689. The Morgan fingerprint density at radius 2 is 1.54 bits per heavy atom. The van der Waals surface area contributed by atoms with E-state index in [9.17, 15) is 0 Å². The van der Waals surface area contributed by atoms with Gasteiger partial charge in [-0.2, -0.15) is 0 Å². The highest BCUT2D eigenvalue weighted by molar-refractivity contribution is 6.35. The van der Waals surface area contributed by atoms with Crippen molar-refractivity contribution >= 4 is 29.4 Å². The first-order chi connectivity index (χ1) is 11.6. The summed E-state index contributed by atoms with van der Waals surface area (Å²) in [5, 5.41) is 5.00. The van der Waals surface area contributed by atoms with Crippen molar-refractivity contribution in [1.29, 1.82) is 0 Å². The van der Waals surface area contributed by atoms with Crippen molar-refractivity contribution < 1.29 is 19.0 Å².